The average Bonchev–Trinajstić information content (AvgIpc) is 2.30. The van der Waals surface area contributed by atoms with Crippen molar-refractivity contribution in [1.82, 2.24) is 4.72 Å². The standard InChI is InChI=1S/C13H17NO2S/c1-11-7-9-13(10-8-11)17(15,16)14-12-5-3-2-4-6-12/h3,5,7-10,12,14H,2,4,6H2,1H3. The van der Waals surface area contributed by atoms with Crippen LogP contribution in [0.3, 0.4) is 0 Å². The zero-order chi connectivity index (χ0) is 12.3. The SMILES string of the molecule is Cc1ccc(S(=O)(=O)NC2C=CCCC2)cc1. The Bertz CT molecular complexity index is 503. The molecule has 3 nitrogen and oxygen atoms in total. The molecule has 17 heavy (non-hydrogen) atoms. The van der Waals surface area contributed by atoms with Crippen LogP contribution in [0.4, 0.5) is 0 Å². The normalized spacial score (nSPS) is 20.4. The van der Waals surface area contributed by atoms with Crippen LogP contribution in [-0.2, 0) is 10.0 Å². The molecule has 0 bridgehead atoms. The fraction of sp³-hybridized carbons (Fsp3) is 0.385. The minimum absolute atomic E-state index is 0.0601. The lowest BCUT2D eigenvalue weighted by Crippen LogP contribution is -2.34. The minimum Gasteiger partial charge on any atom is -0.207 e. The maximum atomic E-state index is 12.1. The smallest absolute Gasteiger partial charge is 0.207 e. The van der Waals surface area contributed by atoms with Crippen LogP contribution in [0.1, 0.15) is 24.8 Å². The molecule has 1 N–H and O–H groups in total. The molecule has 0 saturated heterocycles. The fourth-order valence-electron chi connectivity index (χ4n) is 1.90. The molecule has 1 aromatic rings. The predicted octanol–water partition coefficient (Wildman–Crippen LogP) is 2.38. The monoisotopic (exact) mass is 251 g/mol. The van der Waals surface area contributed by atoms with E-state index in [9.17, 15) is 8.42 Å². The number of allylic oxidation sites excluding steroid dienone is 1. The molecule has 1 aliphatic carbocycles. The third kappa shape index (κ3) is 3.17. The molecule has 1 aliphatic rings. The van der Waals surface area contributed by atoms with Gasteiger partial charge in [0.05, 0.1) is 4.90 Å². The molecule has 1 unspecified atom stereocenters. The van der Waals surface area contributed by atoms with E-state index >= 15 is 0 Å². The molecule has 0 saturated carbocycles. The van der Waals surface area contributed by atoms with Crippen molar-refractivity contribution in [3.05, 3.63) is 42.0 Å². The van der Waals surface area contributed by atoms with Crippen molar-refractivity contribution in [3.63, 3.8) is 0 Å². The molecule has 0 heterocycles. The van der Waals surface area contributed by atoms with Crippen LogP contribution in [0.2, 0.25) is 0 Å². The van der Waals surface area contributed by atoms with Crippen LogP contribution in [0, 0.1) is 6.92 Å². The molecule has 0 radical (unpaired) electrons. The van der Waals surface area contributed by atoms with E-state index in [1.807, 2.05) is 31.2 Å². The molecular formula is C13H17NO2S. The van der Waals surface area contributed by atoms with Crippen molar-refractivity contribution in [3.8, 4) is 0 Å². The summed E-state index contributed by atoms with van der Waals surface area (Å²) in [6.07, 6.45) is 6.93. The van der Waals surface area contributed by atoms with Crippen molar-refractivity contribution in [2.75, 3.05) is 0 Å². The zero-order valence-corrected chi connectivity index (χ0v) is 10.7. The Balaban J connectivity index is 2.15. The number of sulfonamides is 1. The van der Waals surface area contributed by atoms with Crippen LogP contribution < -0.4 is 4.72 Å². The maximum absolute atomic E-state index is 12.1. The molecule has 4 heteroatoms. The van der Waals surface area contributed by atoms with Gasteiger partial charge in [0.25, 0.3) is 0 Å². The molecular weight excluding hydrogens is 234 g/mol. The first-order valence-electron chi connectivity index (χ1n) is 5.83. The van der Waals surface area contributed by atoms with E-state index in [2.05, 4.69) is 4.72 Å². The van der Waals surface area contributed by atoms with Gasteiger partial charge in [-0.25, -0.2) is 13.1 Å². The molecule has 0 amide bonds. The lowest BCUT2D eigenvalue weighted by molar-refractivity contribution is 0.549. The van der Waals surface area contributed by atoms with Gasteiger partial charge in [-0.05, 0) is 38.3 Å². The topological polar surface area (TPSA) is 46.2 Å². The van der Waals surface area contributed by atoms with E-state index in [1.165, 1.54) is 0 Å². The van der Waals surface area contributed by atoms with Gasteiger partial charge < -0.3 is 0 Å². The van der Waals surface area contributed by atoms with Gasteiger partial charge in [-0.1, -0.05) is 29.8 Å². The Labute approximate surface area is 103 Å². The van der Waals surface area contributed by atoms with Crippen molar-refractivity contribution in [1.29, 1.82) is 0 Å². The van der Waals surface area contributed by atoms with Crippen molar-refractivity contribution < 1.29 is 8.42 Å². The third-order valence-corrected chi connectivity index (χ3v) is 4.40. The Hall–Kier alpha value is -1.13. The van der Waals surface area contributed by atoms with E-state index in [0.717, 1.165) is 24.8 Å². The summed E-state index contributed by atoms with van der Waals surface area (Å²) in [6, 6.07) is 6.85. The highest BCUT2D eigenvalue weighted by atomic mass is 32.2. The van der Waals surface area contributed by atoms with Gasteiger partial charge in [0.1, 0.15) is 0 Å². The van der Waals surface area contributed by atoms with E-state index in [0.29, 0.717) is 4.90 Å². The summed E-state index contributed by atoms with van der Waals surface area (Å²) in [6.45, 7) is 1.94. The summed E-state index contributed by atoms with van der Waals surface area (Å²) in [5.41, 5.74) is 1.06. The van der Waals surface area contributed by atoms with Crippen molar-refractivity contribution in [2.24, 2.45) is 0 Å². The first-order chi connectivity index (χ1) is 8.08. The quantitative estimate of drug-likeness (QED) is 0.838. The molecule has 1 atom stereocenters. The number of benzene rings is 1. The molecule has 1 aromatic carbocycles. The van der Waals surface area contributed by atoms with Gasteiger partial charge in [0, 0.05) is 6.04 Å². The van der Waals surface area contributed by atoms with Gasteiger partial charge in [0.15, 0.2) is 0 Å². The first-order valence-corrected chi connectivity index (χ1v) is 7.32. The van der Waals surface area contributed by atoms with Crippen LogP contribution in [-0.4, -0.2) is 14.5 Å². The highest BCUT2D eigenvalue weighted by Gasteiger charge is 2.18. The fourth-order valence-corrected chi connectivity index (χ4v) is 3.12. The predicted molar refractivity (Wildman–Crippen MR) is 68.3 cm³/mol. The molecule has 0 aromatic heterocycles. The summed E-state index contributed by atoms with van der Waals surface area (Å²) < 4.78 is 26.8. The Kier molecular flexibility index (Phi) is 3.64. The van der Waals surface area contributed by atoms with Crippen molar-refractivity contribution >= 4 is 10.0 Å². The van der Waals surface area contributed by atoms with E-state index in [1.54, 1.807) is 12.1 Å². The first kappa shape index (κ1) is 12.3. The van der Waals surface area contributed by atoms with Crippen LogP contribution in [0.5, 0.6) is 0 Å². The van der Waals surface area contributed by atoms with Gasteiger partial charge >= 0.3 is 0 Å². The number of aryl methyl sites for hydroxylation is 1. The Morgan fingerprint density at radius 2 is 1.94 bits per heavy atom. The van der Waals surface area contributed by atoms with Gasteiger partial charge in [0.2, 0.25) is 10.0 Å². The van der Waals surface area contributed by atoms with Crippen LogP contribution in [0.25, 0.3) is 0 Å². The molecule has 0 aliphatic heterocycles. The Morgan fingerprint density at radius 1 is 1.24 bits per heavy atom. The highest BCUT2D eigenvalue weighted by molar-refractivity contribution is 7.89. The molecule has 92 valence electrons. The maximum Gasteiger partial charge on any atom is 0.241 e. The van der Waals surface area contributed by atoms with E-state index in [4.69, 9.17) is 0 Å². The average molecular weight is 251 g/mol. The van der Waals surface area contributed by atoms with Crippen LogP contribution in [0.15, 0.2) is 41.3 Å². The summed E-state index contributed by atoms with van der Waals surface area (Å²) in [5.74, 6) is 0. The van der Waals surface area contributed by atoms with E-state index < -0.39 is 10.0 Å². The van der Waals surface area contributed by atoms with Gasteiger partial charge in [-0.3, -0.25) is 0 Å². The second-order valence-corrected chi connectivity index (χ2v) is 6.11. The largest absolute Gasteiger partial charge is 0.241 e. The number of rotatable bonds is 3. The molecule has 0 spiro atoms. The van der Waals surface area contributed by atoms with E-state index in [-0.39, 0.29) is 6.04 Å². The summed E-state index contributed by atoms with van der Waals surface area (Å²) in [4.78, 5) is 0.335. The number of nitrogens with one attached hydrogen (secondary N) is 1. The second kappa shape index (κ2) is 5.02. The van der Waals surface area contributed by atoms with Crippen molar-refractivity contribution in [2.45, 2.75) is 37.1 Å². The van der Waals surface area contributed by atoms with Gasteiger partial charge in [-0.15, -0.1) is 0 Å². The summed E-state index contributed by atoms with van der Waals surface area (Å²) >= 11 is 0. The number of hydrogen-bond donors (Lipinski definition) is 1. The van der Waals surface area contributed by atoms with Gasteiger partial charge in [-0.2, -0.15) is 0 Å². The summed E-state index contributed by atoms with van der Waals surface area (Å²) in [7, 11) is -3.38. The Morgan fingerprint density at radius 3 is 2.53 bits per heavy atom. The summed E-state index contributed by atoms with van der Waals surface area (Å²) in [5, 5.41) is 0. The molecule has 0 fully saturated rings. The van der Waals surface area contributed by atoms with Crippen LogP contribution >= 0.6 is 0 Å². The second-order valence-electron chi connectivity index (χ2n) is 4.40. The highest BCUT2D eigenvalue weighted by Crippen LogP contribution is 2.15. The number of hydrogen-bond acceptors (Lipinski definition) is 2. The lowest BCUT2D eigenvalue weighted by atomic mass is 10.0. The third-order valence-electron chi connectivity index (χ3n) is 2.89. The molecule has 2 rings (SSSR count). The lowest BCUT2D eigenvalue weighted by Gasteiger charge is -2.18. The minimum atomic E-state index is -3.38. The zero-order valence-electron chi connectivity index (χ0n) is 9.89.